The van der Waals surface area contributed by atoms with E-state index in [9.17, 15) is 4.79 Å². The molecule has 2 aromatic carbocycles. The minimum absolute atomic E-state index is 0.428. The number of primary amides is 1. The Bertz CT molecular complexity index is 659. The second kappa shape index (κ2) is 8.56. The molecule has 25 heavy (non-hydrogen) atoms. The van der Waals surface area contributed by atoms with Crippen LogP contribution in [0, 0.1) is 5.92 Å². The van der Waals surface area contributed by atoms with Gasteiger partial charge in [-0.05, 0) is 49.3 Å². The summed E-state index contributed by atoms with van der Waals surface area (Å²) in [4.78, 5) is 13.5. The van der Waals surface area contributed by atoms with Crippen molar-refractivity contribution < 1.29 is 4.79 Å². The number of piperidine rings is 1. The van der Waals surface area contributed by atoms with Crippen LogP contribution < -0.4 is 16.0 Å². The molecule has 1 saturated heterocycles. The lowest BCUT2D eigenvalue weighted by Crippen LogP contribution is -2.45. The summed E-state index contributed by atoms with van der Waals surface area (Å²) < 4.78 is 0. The summed E-state index contributed by atoms with van der Waals surface area (Å²) in [7, 11) is 0. The molecule has 0 aromatic heterocycles. The lowest BCUT2D eigenvalue weighted by Gasteiger charge is -2.41. The first-order valence-corrected chi connectivity index (χ1v) is 9.11. The molecule has 0 saturated carbocycles. The third-order valence-electron chi connectivity index (χ3n) is 5.06. The zero-order valence-corrected chi connectivity index (χ0v) is 14.6. The van der Waals surface area contributed by atoms with Crippen LogP contribution in [0.2, 0.25) is 0 Å². The third-order valence-corrected chi connectivity index (χ3v) is 5.06. The second-order valence-electron chi connectivity index (χ2n) is 6.84. The van der Waals surface area contributed by atoms with Crippen molar-refractivity contribution in [2.75, 3.05) is 18.0 Å². The van der Waals surface area contributed by atoms with E-state index in [4.69, 9.17) is 5.73 Å². The van der Waals surface area contributed by atoms with Crippen molar-refractivity contribution in [2.24, 2.45) is 11.7 Å². The van der Waals surface area contributed by atoms with Crippen molar-refractivity contribution in [3.8, 4) is 0 Å². The number of nitrogens with zero attached hydrogens (tertiary/aromatic N) is 1. The van der Waals surface area contributed by atoms with Gasteiger partial charge in [-0.3, -0.25) is 0 Å². The topological polar surface area (TPSA) is 58.4 Å². The summed E-state index contributed by atoms with van der Waals surface area (Å²) in [5.74, 6) is 0.681. The van der Waals surface area contributed by atoms with Crippen molar-refractivity contribution in [1.82, 2.24) is 5.32 Å². The summed E-state index contributed by atoms with van der Waals surface area (Å²) in [6.45, 7) is 1.68. The van der Waals surface area contributed by atoms with Gasteiger partial charge in [0.2, 0.25) is 0 Å². The van der Waals surface area contributed by atoms with E-state index in [1.165, 1.54) is 17.7 Å². The zero-order chi connectivity index (χ0) is 17.5. The summed E-state index contributed by atoms with van der Waals surface area (Å²) in [5.41, 5.74) is 7.90. The Labute approximate surface area is 150 Å². The molecule has 0 radical (unpaired) electrons. The number of hydrogen-bond acceptors (Lipinski definition) is 2. The fourth-order valence-corrected chi connectivity index (χ4v) is 3.86. The summed E-state index contributed by atoms with van der Waals surface area (Å²) in [6, 6.07) is 21.3. The fourth-order valence-electron chi connectivity index (χ4n) is 3.86. The molecule has 2 atom stereocenters. The second-order valence-corrected chi connectivity index (χ2v) is 6.84. The van der Waals surface area contributed by atoms with Crippen LogP contribution >= 0.6 is 0 Å². The zero-order valence-electron chi connectivity index (χ0n) is 14.6. The molecule has 0 bridgehead atoms. The molecule has 0 spiro atoms. The van der Waals surface area contributed by atoms with Gasteiger partial charge in [-0.2, -0.15) is 0 Å². The van der Waals surface area contributed by atoms with Crippen LogP contribution in [0.25, 0.3) is 0 Å². The Hall–Kier alpha value is -2.49. The number of nitrogens with two attached hydrogens (primary N) is 1. The Morgan fingerprint density at radius 1 is 1.08 bits per heavy atom. The van der Waals surface area contributed by atoms with E-state index in [0.29, 0.717) is 18.5 Å². The maximum Gasteiger partial charge on any atom is 0.312 e. The van der Waals surface area contributed by atoms with E-state index in [1.54, 1.807) is 0 Å². The molecule has 4 heteroatoms. The molecule has 0 unspecified atom stereocenters. The van der Waals surface area contributed by atoms with Gasteiger partial charge in [0, 0.05) is 24.8 Å². The number of benzene rings is 2. The van der Waals surface area contributed by atoms with Crippen LogP contribution in [-0.4, -0.2) is 25.2 Å². The van der Waals surface area contributed by atoms with Crippen molar-refractivity contribution in [2.45, 2.75) is 31.7 Å². The Morgan fingerprint density at radius 2 is 1.76 bits per heavy atom. The maximum atomic E-state index is 11.0. The minimum atomic E-state index is -0.442. The Balaban J connectivity index is 1.67. The van der Waals surface area contributed by atoms with E-state index >= 15 is 0 Å². The van der Waals surface area contributed by atoms with Gasteiger partial charge in [0.25, 0.3) is 0 Å². The quantitative estimate of drug-likeness (QED) is 0.846. The minimum Gasteiger partial charge on any atom is -0.368 e. The van der Waals surface area contributed by atoms with Crippen LogP contribution in [0.15, 0.2) is 60.7 Å². The normalized spacial score (nSPS) is 20.2. The maximum absolute atomic E-state index is 11.0. The van der Waals surface area contributed by atoms with Crippen molar-refractivity contribution >= 4 is 11.7 Å². The summed E-state index contributed by atoms with van der Waals surface area (Å²) in [5, 5.41) is 2.74. The van der Waals surface area contributed by atoms with Gasteiger partial charge in [0.15, 0.2) is 0 Å². The number of anilines is 1. The molecule has 3 rings (SSSR count). The highest BCUT2D eigenvalue weighted by Crippen LogP contribution is 2.31. The van der Waals surface area contributed by atoms with Gasteiger partial charge in [-0.15, -0.1) is 0 Å². The fraction of sp³-hybridized carbons (Fsp3) is 0.381. The Morgan fingerprint density at radius 3 is 2.44 bits per heavy atom. The van der Waals surface area contributed by atoms with Crippen molar-refractivity contribution in [1.29, 1.82) is 0 Å². The van der Waals surface area contributed by atoms with E-state index in [0.717, 1.165) is 25.8 Å². The molecule has 2 aromatic rings. The smallest absolute Gasteiger partial charge is 0.312 e. The molecule has 2 amide bonds. The van der Waals surface area contributed by atoms with E-state index in [2.05, 4.69) is 70.9 Å². The summed E-state index contributed by atoms with van der Waals surface area (Å²) in [6.07, 6.45) is 4.39. The average molecular weight is 337 g/mol. The number of hydrogen-bond donors (Lipinski definition) is 2. The number of para-hydroxylation sites is 1. The SMILES string of the molecule is NC(=O)NCC[C@@H]1C[C@@H](Cc2ccccc2)CCN1c1ccccc1. The van der Waals surface area contributed by atoms with Gasteiger partial charge in [0.05, 0.1) is 0 Å². The van der Waals surface area contributed by atoms with Crippen LogP contribution in [0.3, 0.4) is 0 Å². The molecular weight excluding hydrogens is 310 g/mol. The highest BCUT2D eigenvalue weighted by molar-refractivity contribution is 5.71. The van der Waals surface area contributed by atoms with E-state index < -0.39 is 6.03 Å². The van der Waals surface area contributed by atoms with E-state index in [1.807, 2.05) is 0 Å². The van der Waals surface area contributed by atoms with Gasteiger partial charge >= 0.3 is 6.03 Å². The number of carbonyl (C=O) groups excluding carboxylic acids is 1. The highest BCUT2D eigenvalue weighted by atomic mass is 16.2. The third kappa shape index (κ3) is 4.99. The lowest BCUT2D eigenvalue weighted by molar-refractivity contribution is 0.247. The van der Waals surface area contributed by atoms with E-state index in [-0.39, 0.29) is 0 Å². The first-order valence-electron chi connectivity index (χ1n) is 9.11. The number of amides is 2. The van der Waals surface area contributed by atoms with Gasteiger partial charge in [0.1, 0.15) is 0 Å². The highest BCUT2D eigenvalue weighted by Gasteiger charge is 2.28. The van der Waals surface area contributed by atoms with Crippen LogP contribution in [-0.2, 0) is 6.42 Å². The predicted molar refractivity (Wildman–Crippen MR) is 103 cm³/mol. The largest absolute Gasteiger partial charge is 0.368 e. The average Bonchev–Trinajstić information content (AvgIpc) is 2.63. The monoisotopic (exact) mass is 337 g/mol. The van der Waals surface area contributed by atoms with Crippen molar-refractivity contribution in [3.05, 3.63) is 66.2 Å². The molecule has 0 aliphatic carbocycles. The molecule has 3 N–H and O–H groups in total. The number of urea groups is 1. The van der Waals surface area contributed by atoms with Crippen LogP contribution in [0.4, 0.5) is 10.5 Å². The number of rotatable bonds is 6. The Kier molecular flexibility index (Phi) is 5.94. The molecule has 4 nitrogen and oxygen atoms in total. The standard InChI is InChI=1S/C21H27N3O/c22-21(25)23-13-11-20-16-18(15-17-7-3-1-4-8-17)12-14-24(20)19-9-5-2-6-10-19/h1-10,18,20H,11-16H2,(H3,22,23,25)/t18-,20-/m1/s1. The van der Waals surface area contributed by atoms with Gasteiger partial charge in [-0.1, -0.05) is 48.5 Å². The molecule has 1 aliphatic rings. The van der Waals surface area contributed by atoms with Crippen LogP contribution in [0.1, 0.15) is 24.8 Å². The predicted octanol–water partition coefficient (Wildman–Crippen LogP) is 3.57. The summed E-state index contributed by atoms with van der Waals surface area (Å²) >= 11 is 0. The lowest BCUT2D eigenvalue weighted by atomic mass is 9.84. The first-order chi connectivity index (χ1) is 12.2. The number of carbonyl (C=O) groups is 1. The van der Waals surface area contributed by atoms with Crippen molar-refractivity contribution in [3.63, 3.8) is 0 Å². The number of nitrogens with one attached hydrogen (secondary N) is 1. The molecule has 1 aliphatic heterocycles. The van der Waals surface area contributed by atoms with Gasteiger partial charge < -0.3 is 16.0 Å². The molecule has 1 fully saturated rings. The van der Waals surface area contributed by atoms with Crippen LogP contribution in [0.5, 0.6) is 0 Å². The molecule has 132 valence electrons. The molecular formula is C21H27N3O. The first kappa shape index (κ1) is 17.3. The molecule has 1 heterocycles. The van der Waals surface area contributed by atoms with Gasteiger partial charge in [-0.25, -0.2) is 4.79 Å².